The predicted molar refractivity (Wildman–Crippen MR) is 114 cm³/mol. The third kappa shape index (κ3) is 3.17. The van der Waals surface area contributed by atoms with Gasteiger partial charge >= 0.3 is 0 Å². The average Bonchev–Trinajstić information content (AvgIpc) is 3.17. The van der Waals surface area contributed by atoms with E-state index in [1.165, 1.54) is 28.9 Å². The molecular weight excluding hydrogens is 366 g/mol. The minimum atomic E-state index is -0.0223. The highest BCUT2D eigenvalue weighted by Crippen LogP contribution is 2.29. The summed E-state index contributed by atoms with van der Waals surface area (Å²) in [6.07, 6.45) is 3.46. The molecule has 2 aromatic heterocycles. The Morgan fingerprint density at radius 2 is 1.93 bits per heavy atom. The summed E-state index contributed by atoms with van der Waals surface area (Å²) in [5, 5.41) is 5.63. The molecule has 28 heavy (non-hydrogen) atoms. The Bertz CT molecular complexity index is 1180. The zero-order chi connectivity index (χ0) is 18.9. The summed E-state index contributed by atoms with van der Waals surface area (Å²) in [4.78, 5) is 18.3. The van der Waals surface area contributed by atoms with Gasteiger partial charge < -0.3 is 5.32 Å². The molecule has 5 rings (SSSR count). The van der Waals surface area contributed by atoms with E-state index in [2.05, 4.69) is 29.6 Å². The minimum absolute atomic E-state index is 0.0223. The lowest BCUT2D eigenvalue weighted by Gasteiger charge is -2.26. The molecule has 1 atom stereocenters. The molecule has 1 aliphatic carbocycles. The van der Waals surface area contributed by atoms with Crippen LogP contribution in [-0.2, 0) is 13.0 Å². The smallest absolute Gasteiger partial charge is 0.259 e. The monoisotopic (exact) mass is 387 g/mol. The first-order valence-corrected chi connectivity index (χ1v) is 10.5. The third-order valence-corrected chi connectivity index (χ3v) is 6.25. The van der Waals surface area contributed by atoms with Gasteiger partial charge in [-0.15, -0.1) is 11.3 Å². The standard InChI is InChI=1S/C23H21N3OS/c27-22-13-18(14-24-20-12-6-10-16-7-4-5-11-19(16)20)25-23-26(22)21(15-28-23)17-8-2-1-3-9-17/h1-5,7-9,11,13,15,20,24H,6,10,12,14H2. The molecule has 140 valence electrons. The Balaban J connectivity index is 1.42. The Hall–Kier alpha value is -2.76. The molecule has 4 nitrogen and oxygen atoms in total. The SMILES string of the molecule is O=c1cc(CNC2CCCc3ccccc32)nc2scc(-c3ccccc3)n12. The average molecular weight is 388 g/mol. The van der Waals surface area contributed by atoms with E-state index in [4.69, 9.17) is 4.98 Å². The molecule has 0 radical (unpaired) electrons. The van der Waals surface area contributed by atoms with Gasteiger partial charge in [0.1, 0.15) is 0 Å². The number of fused-ring (bicyclic) bond motifs is 2. The zero-order valence-corrected chi connectivity index (χ0v) is 16.3. The van der Waals surface area contributed by atoms with Crippen molar-refractivity contribution >= 4 is 16.3 Å². The van der Waals surface area contributed by atoms with Crippen LogP contribution < -0.4 is 10.9 Å². The van der Waals surface area contributed by atoms with Crippen LogP contribution in [0.25, 0.3) is 16.2 Å². The summed E-state index contributed by atoms with van der Waals surface area (Å²) in [7, 11) is 0. The second-order valence-electron chi connectivity index (χ2n) is 7.22. The fourth-order valence-corrected chi connectivity index (χ4v) is 4.98. The Morgan fingerprint density at radius 3 is 2.82 bits per heavy atom. The van der Waals surface area contributed by atoms with Gasteiger partial charge in [-0.25, -0.2) is 4.98 Å². The number of hydrogen-bond acceptors (Lipinski definition) is 4. The van der Waals surface area contributed by atoms with Crippen LogP contribution in [0.3, 0.4) is 0 Å². The normalized spacial score (nSPS) is 16.2. The van der Waals surface area contributed by atoms with E-state index in [1.54, 1.807) is 10.5 Å². The van der Waals surface area contributed by atoms with Gasteiger partial charge in [0, 0.05) is 24.0 Å². The number of hydrogen-bond donors (Lipinski definition) is 1. The highest BCUT2D eigenvalue weighted by Gasteiger charge is 2.19. The van der Waals surface area contributed by atoms with E-state index >= 15 is 0 Å². The molecule has 0 fully saturated rings. The number of nitrogens with zero attached hydrogens (tertiary/aromatic N) is 2. The maximum absolute atomic E-state index is 12.8. The molecule has 0 bridgehead atoms. The lowest BCUT2D eigenvalue weighted by Crippen LogP contribution is -2.26. The Kier molecular flexibility index (Phi) is 4.55. The molecule has 0 aliphatic heterocycles. The van der Waals surface area contributed by atoms with Crippen LogP contribution in [0.4, 0.5) is 0 Å². The van der Waals surface area contributed by atoms with Crippen molar-refractivity contribution < 1.29 is 0 Å². The fraction of sp³-hybridized carbons (Fsp3) is 0.217. The first-order chi connectivity index (χ1) is 13.8. The molecule has 0 saturated carbocycles. The van der Waals surface area contributed by atoms with Gasteiger partial charge in [-0.05, 0) is 36.0 Å². The number of aromatic nitrogens is 2. The summed E-state index contributed by atoms with van der Waals surface area (Å²) in [5.74, 6) is 0. The Labute approximate surface area is 167 Å². The summed E-state index contributed by atoms with van der Waals surface area (Å²) in [6, 6.07) is 20.6. The van der Waals surface area contributed by atoms with Crippen LogP contribution in [0.15, 0.2) is 70.8 Å². The van der Waals surface area contributed by atoms with E-state index in [-0.39, 0.29) is 5.56 Å². The van der Waals surface area contributed by atoms with Gasteiger partial charge in [0.2, 0.25) is 0 Å². The topological polar surface area (TPSA) is 46.4 Å². The summed E-state index contributed by atoms with van der Waals surface area (Å²) >= 11 is 1.51. The fourth-order valence-electron chi connectivity index (χ4n) is 4.06. The maximum Gasteiger partial charge on any atom is 0.259 e. The van der Waals surface area contributed by atoms with E-state index in [9.17, 15) is 4.79 Å². The predicted octanol–water partition coefficient (Wildman–Crippen LogP) is 4.59. The number of nitrogens with one attached hydrogen (secondary N) is 1. The molecule has 0 saturated heterocycles. The highest BCUT2D eigenvalue weighted by atomic mass is 32.1. The lowest BCUT2D eigenvalue weighted by molar-refractivity contribution is 0.456. The molecule has 2 heterocycles. The molecular formula is C23H21N3OS. The number of benzene rings is 2. The quantitative estimate of drug-likeness (QED) is 0.557. The second-order valence-corrected chi connectivity index (χ2v) is 8.05. The minimum Gasteiger partial charge on any atom is -0.304 e. The third-order valence-electron chi connectivity index (χ3n) is 5.43. The molecule has 5 heteroatoms. The van der Waals surface area contributed by atoms with E-state index in [0.717, 1.165) is 34.8 Å². The van der Waals surface area contributed by atoms with Crippen molar-refractivity contribution in [2.75, 3.05) is 0 Å². The first kappa shape index (κ1) is 17.3. The van der Waals surface area contributed by atoms with Crippen molar-refractivity contribution in [3.63, 3.8) is 0 Å². The van der Waals surface area contributed by atoms with Gasteiger partial charge in [0.05, 0.1) is 11.4 Å². The molecule has 1 aliphatic rings. The van der Waals surface area contributed by atoms with Gasteiger partial charge in [0.15, 0.2) is 4.96 Å². The van der Waals surface area contributed by atoms with Crippen molar-refractivity contribution in [3.05, 3.63) is 93.2 Å². The van der Waals surface area contributed by atoms with Crippen molar-refractivity contribution in [2.45, 2.75) is 31.8 Å². The summed E-state index contributed by atoms with van der Waals surface area (Å²) < 4.78 is 1.71. The van der Waals surface area contributed by atoms with E-state index in [0.29, 0.717) is 12.6 Å². The van der Waals surface area contributed by atoms with E-state index in [1.807, 2.05) is 35.7 Å². The maximum atomic E-state index is 12.8. The summed E-state index contributed by atoms with van der Waals surface area (Å²) in [5.41, 5.74) is 5.52. The van der Waals surface area contributed by atoms with Crippen LogP contribution in [-0.4, -0.2) is 9.38 Å². The second kappa shape index (κ2) is 7.34. The molecule has 0 amide bonds. The Morgan fingerprint density at radius 1 is 1.11 bits per heavy atom. The van der Waals surface area contributed by atoms with Crippen LogP contribution >= 0.6 is 11.3 Å². The van der Waals surface area contributed by atoms with Gasteiger partial charge in [-0.2, -0.15) is 0 Å². The van der Waals surface area contributed by atoms with Crippen LogP contribution in [0.2, 0.25) is 0 Å². The number of aryl methyl sites for hydroxylation is 1. The van der Waals surface area contributed by atoms with Crippen molar-refractivity contribution in [1.82, 2.24) is 14.7 Å². The van der Waals surface area contributed by atoms with Crippen molar-refractivity contribution in [2.24, 2.45) is 0 Å². The molecule has 1 N–H and O–H groups in total. The highest BCUT2D eigenvalue weighted by molar-refractivity contribution is 7.15. The van der Waals surface area contributed by atoms with Crippen LogP contribution in [0, 0.1) is 0 Å². The largest absolute Gasteiger partial charge is 0.304 e. The summed E-state index contributed by atoms with van der Waals surface area (Å²) in [6.45, 7) is 0.601. The van der Waals surface area contributed by atoms with Gasteiger partial charge in [0.25, 0.3) is 5.56 Å². The number of rotatable bonds is 4. The lowest BCUT2D eigenvalue weighted by atomic mass is 9.88. The van der Waals surface area contributed by atoms with Gasteiger partial charge in [-0.3, -0.25) is 9.20 Å². The molecule has 2 aromatic carbocycles. The zero-order valence-electron chi connectivity index (χ0n) is 15.5. The van der Waals surface area contributed by atoms with Crippen LogP contribution in [0.5, 0.6) is 0 Å². The molecule has 0 spiro atoms. The first-order valence-electron chi connectivity index (χ1n) is 9.66. The number of thiazole rings is 1. The molecule has 1 unspecified atom stereocenters. The van der Waals surface area contributed by atoms with Gasteiger partial charge in [-0.1, -0.05) is 54.6 Å². The van der Waals surface area contributed by atoms with E-state index < -0.39 is 0 Å². The van der Waals surface area contributed by atoms with Crippen molar-refractivity contribution in [1.29, 1.82) is 0 Å². The van der Waals surface area contributed by atoms with Crippen molar-refractivity contribution in [3.8, 4) is 11.3 Å². The molecule has 4 aromatic rings. The van der Waals surface area contributed by atoms with Crippen LogP contribution in [0.1, 0.15) is 35.7 Å².